The van der Waals surface area contributed by atoms with E-state index in [0.29, 0.717) is 41.5 Å². The second-order valence-corrected chi connectivity index (χ2v) is 9.27. The molecule has 0 radical (unpaired) electrons. The van der Waals surface area contributed by atoms with Crippen LogP contribution in [0.4, 0.5) is 0 Å². The number of ether oxygens (including phenoxy) is 5. The standard InChI is InChI=1S/C23H22O9/c1-9-6-11-15(16(26)14-10(17(11)28-2)4-3-5-12(14)25)18-13(9)19-20-23(27,31-18)21(8-29-21)22(7-24,30-19)32-20/h6,19-20,24,26-27H,3-5,7-8H2,1-2H3/t19?,20?,21-,22?,23-/m1/s1. The molecule has 9 heteroatoms. The Hall–Kier alpha value is -2.43. The number of rotatable bonds is 2. The highest BCUT2D eigenvalue weighted by atomic mass is 16.9. The molecule has 1 spiro atoms. The number of aromatic hydroxyl groups is 1. The fraction of sp³-hybridized carbons (Fsp3) is 0.522. The molecule has 3 unspecified atom stereocenters. The zero-order chi connectivity index (χ0) is 22.2. The molecule has 5 atom stereocenters. The topological polar surface area (TPSA) is 127 Å². The van der Waals surface area contributed by atoms with Crippen molar-refractivity contribution in [3.63, 3.8) is 0 Å². The van der Waals surface area contributed by atoms with Crippen LogP contribution in [0.5, 0.6) is 17.2 Å². The van der Waals surface area contributed by atoms with E-state index in [1.807, 2.05) is 13.0 Å². The normalized spacial score (nSPS) is 38.1. The quantitative estimate of drug-likeness (QED) is 0.591. The van der Waals surface area contributed by atoms with Crippen molar-refractivity contribution in [2.45, 2.75) is 55.6 Å². The Labute approximate surface area is 182 Å². The van der Waals surface area contributed by atoms with E-state index < -0.39 is 36.0 Å². The highest BCUT2D eigenvalue weighted by Gasteiger charge is 2.90. The summed E-state index contributed by atoms with van der Waals surface area (Å²) in [6.07, 6.45) is -0.0140. The van der Waals surface area contributed by atoms with Gasteiger partial charge in [-0.15, -0.1) is 0 Å². The van der Waals surface area contributed by atoms with E-state index in [9.17, 15) is 20.1 Å². The maximum absolute atomic E-state index is 12.8. The van der Waals surface area contributed by atoms with Crippen molar-refractivity contribution in [2.24, 2.45) is 0 Å². The van der Waals surface area contributed by atoms with Crippen LogP contribution in [0, 0.1) is 6.92 Å². The number of hydrogen-bond donors (Lipinski definition) is 3. The molecular weight excluding hydrogens is 420 g/mol. The third-order valence-corrected chi connectivity index (χ3v) is 7.81. The predicted molar refractivity (Wildman–Crippen MR) is 107 cm³/mol. The first-order chi connectivity index (χ1) is 15.3. The van der Waals surface area contributed by atoms with Gasteiger partial charge in [-0.3, -0.25) is 4.79 Å². The molecule has 168 valence electrons. The number of Topliss-reactive ketones (excluding diaryl/α,β-unsaturated/α-hetero) is 1. The van der Waals surface area contributed by atoms with E-state index in [2.05, 4.69) is 0 Å². The molecule has 3 N–H and O–H groups in total. The summed E-state index contributed by atoms with van der Waals surface area (Å²) < 4.78 is 29.7. The molecule has 9 nitrogen and oxygen atoms in total. The Morgan fingerprint density at radius 3 is 2.75 bits per heavy atom. The van der Waals surface area contributed by atoms with E-state index in [0.717, 1.165) is 5.56 Å². The minimum Gasteiger partial charge on any atom is -0.506 e. The van der Waals surface area contributed by atoms with Gasteiger partial charge in [0.15, 0.2) is 11.9 Å². The summed E-state index contributed by atoms with van der Waals surface area (Å²) in [5.41, 5.74) is 0.940. The number of benzene rings is 2. The van der Waals surface area contributed by atoms with Crippen molar-refractivity contribution in [3.8, 4) is 17.2 Å². The number of carbonyl (C=O) groups excluding carboxylic acids is 1. The van der Waals surface area contributed by atoms with Crippen LogP contribution in [0.15, 0.2) is 6.07 Å². The maximum Gasteiger partial charge on any atom is 0.274 e. The molecule has 0 saturated carbocycles. The lowest BCUT2D eigenvalue weighted by atomic mass is 9.78. The zero-order valence-corrected chi connectivity index (χ0v) is 17.6. The first-order valence-electron chi connectivity index (χ1n) is 10.8. The van der Waals surface area contributed by atoms with Gasteiger partial charge in [-0.2, -0.15) is 0 Å². The molecule has 3 saturated heterocycles. The van der Waals surface area contributed by atoms with Gasteiger partial charge >= 0.3 is 0 Å². The minimum absolute atomic E-state index is 0.0928. The smallest absolute Gasteiger partial charge is 0.274 e. The number of epoxide rings is 1. The molecule has 5 aliphatic rings. The Bertz CT molecular complexity index is 1250. The SMILES string of the molecule is COc1c2c(c(O)c3c4c(c(C)cc13)C1OC3(CO)OC1[C@@](O)(O4)[C@@]31CO1)C(=O)CCC2. The molecular formula is C23H22O9. The van der Waals surface area contributed by atoms with Crippen LogP contribution in [0.1, 0.15) is 46.0 Å². The Kier molecular flexibility index (Phi) is 3.31. The number of fused-ring (bicyclic) bond motifs is 8. The third kappa shape index (κ3) is 1.78. The third-order valence-electron chi connectivity index (χ3n) is 7.81. The zero-order valence-electron chi connectivity index (χ0n) is 17.6. The van der Waals surface area contributed by atoms with Gasteiger partial charge in [0.25, 0.3) is 5.79 Å². The number of aryl methyl sites for hydroxylation is 1. The van der Waals surface area contributed by atoms with Gasteiger partial charge in [0.2, 0.25) is 11.4 Å². The summed E-state index contributed by atoms with van der Waals surface area (Å²) in [6.45, 7) is 1.46. The fourth-order valence-corrected chi connectivity index (χ4v) is 6.29. The van der Waals surface area contributed by atoms with Gasteiger partial charge in [0, 0.05) is 22.9 Å². The largest absolute Gasteiger partial charge is 0.506 e. The molecule has 32 heavy (non-hydrogen) atoms. The Morgan fingerprint density at radius 2 is 2.06 bits per heavy atom. The number of aliphatic hydroxyl groups is 2. The molecule has 2 bridgehead atoms. The van der Waals surface area contributed by atoms with Crippen LogP contribution in [0.3, 0.4) is 0 Å². The lowest BCUT2D eigenvalue weighted by molar-refractivity contribution is -0.285. The van der Waals surface area contributed by atoms with Crippen LogP contribution < -0.4 is 9.47 Å². The van der Waals surface area contributed by atoms with Crippen molar-refractivity contribution in [1.29, 1.82) is 0 Å². The van der Waals surface area contributed by atoms with Crippen LogP contribution in [0.2, 0.25) is 0 Å². The average molecular weight is 442 g/mol. The van der Waals surface area contributed by atoms with Gasteiger partial charge in [0.1, 0.15) is 30.0 Å². The highest BCUT2D eigenvalue weighted by molar-refractivity contribution is 6.11. The number of ketones is 1. The van der Waals surface area contributed by atoms with E-state index in [4.69, 9.17) is 23.7 Å². The van der Waals surface area contributed by atoms with Crippen molar-refractivity contribution in [1.82, 2.24) is 0 Å². The Morgan fingerprint density at radius 1 is 1.28 bits per heavy atom. The molecule has 3 fully saturated rings. The van der Waals surface area contributed by atoms with Gasteiger partial charge < -0.3 is 39.0 Å². The lowest BCUT2D eigenvalue weighted by Gasteiger charge is -2.46. The predicted octanol–water partition coefficient (Wildman–Crippen LogP) is 1.39. The minimum atomic E-state index is -1.92. The van der Waals surface area contributed by atoms with Crippen molar-refractivity contribution in [3.05, 3.63) is 28.3 Å². The van der Waals surface area contributed by atoms with Gasteiger partial charge in [-0.25, -0.2) is 0 Å². The molecule has 4 heterocycles. The summed E-state index contributed by atoms with van der Waals surface area (Å²) in [5.74, 6) is -3.06. The van der Waals surface area contributed by atoms with Crippen LogP contribution in [-0.2, 0) is 20.6 Å². The van der Waals surface area contributed by atoms with Crippen LogP contribution >= 0.6 is 0 Å². The maximum atomic E-state index is 12.8. The number of phenolic OH excluding ortho intramolecular Hbond substituents is 1. The van der Waals surface area contributed by atoms with Crippen molar-refractivity contribution >= 4 is 16.6 Å². The van der Waals surface area contributed by atoms with Gasteiger partial charge in [-0.05, 0) is 31.4 Å². The Balaban J connectivity index is 1.57. The second kappa shape index (κ2) is 5.55. The van der Waals surface area contributed by atoms with Gasteiger partial charge in [0.05, 0.1) is 24.7 Å². The summed E-state index contributed by atoms with van der Waals surface area (Å²) in [7, 11) is 1.53. The number of aliphatic hydroxyl groups excluding tert-OH is 1. The number of carbonyl (C=O) groups is 1. The molecule has 7 rings (SSSR count). The molecule has 2 aromatic carbocycles. The summed E-state index contributed by atoms with van der Waals surface area (Å²) in [4.78, 5) is 12.8. The van der Waals surface area contributed by atoms with E-state index in [-0.39, 0.29) is 34.8 Å². The first kappa shape index (κ1) is 19.1. The van der Waals surface area contributed by atoms with E-state index in [1.54, 1.807) is 0 Å². The monoisotopic (exact) mass is 442 g/mol. The highest BCUT2D eigenvalue weighted by Crippen LogP contribution is 2.69. The summed E-state index contributed by atoms with van der Waals surface area (Å²) in [5, 5.41) is 33.9. The second-order valence-electron chi connectivity index (χ2n) is 9.27. The van der Waals surface area contributed by atoms with Crippen molar-refractivity contribution < 1.29 is 43.8 Å². The number of methoxy groups -OCH3 is 1. The first-order valence-corrected chi connectivity index (χ1v) is 10.8. The molecule has 2 aromatic rings. The summed E-state index contributed by atoms with van der Waals surface area (Å²) in [6, 6.07) is 1.87. The van der Waals surface area contributed by atoms with Crippen molar-refractivity contribution in [2.75, 3.05) is 20.3 Å². The molecule has 1 aliphatic carbocycles. The molecule has 4 aliphatic heterocycles. The fourth-order valence-electron chi connectivity index (χ4n) is 6.29. The molecule has 0 amide bonds. The van der Waals surface area contributed by atoms with E-state index >= 15 is 0 Å². The average Bonchev–Trinajstić information content (AvgIpc) is 3.44. The van der Waals surface area contributed by atoms with E-state index in [1.165, 1.54) is 7.11 Å². The van der Waals surface area contributed by atoms with Crippen LogP contribution in [-0.4, -0.2) is 64.7 Å². The summed E-state index contributed by atoms with van der Waals surface area (Å²) >= 11 is 0. The van der Waals surface area contributed by atoms with Gasteiger partial charge in [-0.1, -0.05) is 0 Å². The van der Waals surface area contributed by atoms with Crippen LogP contribution in [0.25, 0.3) is 10.8 Å². The lowest BCUT2D eigenvalue weighted by Crippen LogP contribution is -2.67. The number of hydrogen-bond acceptors (Lipinski definition) is 9. The number of phenols is 1. The molecule has 0 aromatic heterocycles.